The second kappa shape index (κ2) is 7.94. The number of hydrogen-bond donors (Lipinski definition) is 2. The Morgan fingerprint density at radius 3 is 2.47 bits per heavy atom. The number of aromatic amines is 1. The molecule has 3 N–H and O–H groups in total. The van der Waals surface area contributed by atoms with E-state index in [2.05, 4.69) is 10.2 Å². The molecule has 2 amide bonds. The maximum atomic E-state index is 14.1. The fourth-order valence-electron chi connectivity index (χ4n) is 4.83. The topological polar surface area (TPSA) is 93.8 Å². The van der Waals surface area contributed by atoms with Gasteiger partial charge in [0.15, 0.2) is 17.4 Å². The molecule has 0 aliphatic carbocycles. The van der Waals surface area contributed by atoms with Gasteiger partial charge in [0.1, 0.15) is 5.69 Å². The summed E-state index contributed by atoms with van der Waals surface area (Å²) in [5, 5.41) is 7.28. The molecule has 0 radical (unpaired) electrons. The molecule has 2 aromatic heterocycles. The van der Waals surface area contributed by atoms with E-state index in [1.165, 1.54) is 0 Å². The van der Waals surface area contributed by atoms with E-state index >= 15 is 0 Å². The van der Waals surface area contributed by atoms with Gasteiger partial charge in [0.2, 0.25) is 0 Å². The van der Waals surface area contributed by atoms with Crippen LogP contribution in [0, 0.1) is 0 Å². The summed E-state index contributed by atoms with van der Waals surface area (Å²) in [5.74, 6) is -0.679. The van der Waals surface area contributed by atoms with Gasteiger partial charge in [-0.2, -0.15) is 5.10 Å². The molecule has 1 aliphatic heterocycles. The van der Waals surface area contributed by atoms with E-state index in [4.69, 9.17) is 5.73 Å². The van der Waals surface area contributed by atoms with E-state index in [9.17, 15) is 9.59 Å². The molecule has 3 heterocycles. The molecule has 2 atom stereocenters. The van der Waals surface area contributed by atoms with Crippen LogP contribution in [0.2, 0.25) is 0 Å². The zero-order chi connectivity index (χ0) is 22.1. The lowest BCUT2D eigenvalue weighted by Crippen LogP contribution is -2.62. The van der Waals surface area contributed by atoms with Crippen molar-refractivity contribution in [1.82, 2.24) is 19.2 Å². The zero-order valence-electron chi connectivity index (χ0n) is 17.5. The molecule has 1 unspecified atom stereocenters. The van der Waals surface area contributed by atoms with E-state index in [-0.39, 0.29) is 10.4 Å². The summed E-state index contributed by atoms with van der Waals surface area (Å²) in [4.78, 5) is 26.7. The highest BCUT2D eigenvalue weighted by Gasteiger charge is 2.54. The largest absolute Gasteiger partial charge is 0.369 e. The van der Waals surface area contributed by atoms with E-state index in [1.54, 1.807) is 6.07 Å². The van der Waals surface area contributed by atoms with Crippen LogP contribution in [0.4, 0.5) is 5.69 Å². The number of H-pyrrole nitrogens is 1. The van der Waals surface area contributed by atoms with Crippen LogP contribution in [0.25, 0.3) is 16.9 Å². The van der Waals surface area contributed by atoms with Gasteiger partial charge in [-0.05, 0) is 18.2 Å². The number of carbonyl (C=O) groups is 2. The molecule has 160 valence electrons. The Morgan fingerprint density at radius 1 is 1.00 bits per heavy atom. The second-order valence-corrected chi connectivity index (χ2v) is 8.07. The van der Waals surface area contributed by atoms with E-state index in [0.717, 1.165) is 23.4 Å². The average Bonchev–Trinajstić information content (AvgIpc) is 3.60. The van der Waals surface area contributed by atoms with Crippen LogP contribution in [-0.4, -0.2) is 39.2 Å². The minimum Gasteiger partial charge on any atom is -0.364 e. The maximum absolute atomic E-state index is 14.1. The highest BCUT2D eigenvalue weighted by molar-refractivity contribution is 6.06. The molecule has 2 aromatic carbocycles. The van der Waals surface area contributed by atoms with E-state index < -0.39 is 11.9 Å². The Labute approximate surface area is 185 Å². The Morgan fingerprint density at radius 2 is 1.72 bits per heavy atom. The molecule has 1 aliphatic rings. The van der Waals surface area contributed by atoms with Crippen molar-refractivity contribution in [2.24, 2.45) is 5.73 Å². The lowest BCUT2D eigenvalue weighted by molar-refractivity contribution is -0.121. The quantitative estimate of drug-likeness (QED) is 0.477. The zero-order valence-corrected chi connectivity index (χ0v) is 17.5. The summed E-state index contributed by atoms with van der Waals surface area (Å²) in [6.45, 7) is 0.490. The molecule has 4 aromatic rings. The van der Waals surface area contributed by atoms with Crippen LogP contribution in [0.15, 0.2) is 85.2 Å². The number of aromatic nitrogens is 3. The number of primary amides is 1. The molecule has 0 bridgehead atoms. The number of likely N-dealkylation sites (tertiary alicyclic amines) is 1. The minimum absolute atomic E-state index is 0.153. The molecule has 7 heteroatoms. The van der Waals surface area contributed by atoms with Crippen molar-refractivity contribution in [3.8, 4) is 16.9 Å². The summed E-state index contributed by atoms with van der Waals surface area (Å²) in [6, 6.07) is 22.3. The third kappa shape index (κ3) is 3.14. The lowest BCUT2D eigenvalue weighted by Gasteiger charge is -2.36. The molecule has 0 spiro atoms. The van der Waals surface area contributed by atoms with Gasteiger partial charge < -0.3 is 10.3 Å². The minimum atomic E-state index is -0.650. The Kier molecular flexibility index (Phi) is 4.95. The van der Waals surface area contributed by atoms with Gasteiger partial charge in [0.25, 0.3) is 5.91 Å². The number of nitrogens with two attached hydrogens (primary N) is 1. The molecule has 5 rings (SSSR count). The normalized spacial score (nSPS) is 20.3. The fourth-order valence-corrected chi connectivity index (χ4v) is 4.83. The molecular formula is C25H24N5O2+. The number of amides is 2. The molecule has 32 heavy (non-hydrogen) atoms. The number of quaternary nitrogens is 1. The summed E-state index contributed by atoms with van der Waals surface area (Å²) < 4.78 is 1.81. The van der Waals surface area contributed by atoms with Crippen LogP contribution in [0.5, 0.6) is 0 Å². The highest BCUT2D eigenvalue weighted by Crippen LogP contribution is 2.40. The molecule has 0 saturated carbocycles. The van der Waals surface area contributed by atoms with Crippen molar-refractivity contribution in [3.05, 3.63) is 90.9 Å². The average molecular weight is 427 g/mol. The van der Waals surface area contributed by atoms with Crippen LogP contribution < -0.4 is 10.2 Å². The van der Waals surface area contributed by atoms with Gasteiger partial charge in [-0.25, -0.2) is 9.28 Å². The van der Waals surface area contributed by atoms with E-state index in [1.807, 2.05) is 83.7 Å². The molecule has 7 nitrogen and oxygen atoms in total. The van der Waals surface area contributed by atoms with Crippen molar-refractivity contribution in [2.75, 3.05) is 6.54 Å². The van der Waals surface area contributed by atoms with Crippen molar-refractivity contribution in [2.45, 2.75) is 18.9 Å². The molecule has 1 fully saturated rings. The summed E-state index contributed by atoms with van der Waals surface area (Å²) in [5.41, 5.74) is 9.41. The highest BCUT2D eigenvalue weighted by atomic mass is 16.2. The van der Waals surface area contributed by atoms with Gasteiger partial charge in [-0.15, -0.1) is 0 Å². The number of nitrogens with one attached hydrogen (secondary N) is 1. The van der Waals surface area contributed by atoms with Crippen LogP contribution in [0.3, 0.4) is 0 Å². The third-order valence-corrected chi connectivity index (χ3v) is 6.28. The van der Waals surface area contributed by atoms with Gasteiger partial charge in [-0.1, -0.05) is 42.5 Å². The van der Waals surface area contributed by atoms with Gasteiger partial charge >= 0.3 is 5.91 Å². The number of benzene rings is 2. The Hall–Kier alpha value is -3.97. The SMILES string of the molecule is NC(=O)[C@@H]1CCC[N+]1(C(=O)c1cc(-c2ccccc2)n[nH]1)c1ccccc1-n1cccc1. The lowest BCUT2D eigenvalue weighted by atomic mass is 10.1. The van der Waals surface area contributed by atoms with Crippen LogP contribution in [-0.2, 0) is 4.79 Å². The van der Waals surface area contributed by atoms with Gasteiger partial charge in [0, 0.05) is 42.9 Å². The van der Waals surface area contributed by atoms with Crippen molar-refractivity contribution >= 4 is 17.5 Å². The first kappa shape index (κ1) is 20.0. The van der Waals surface area contributed by atoms with Gasteiger partial charge in [0.05, 0.1) is 12.2 Å². The second-order valence-electron chi connectivity index (χ2n) is 8.07. The standard InChI is InChI=1S/C25H23N5O2/c26-24(31)23-13-8-16-30(23,22-12-5-4-11-21(22)29-14-6-7-15-29)25(32)20-17-19(27-28-20)18-9-2-1-3-10-18/h1-7,9-12,14-15,17,23H,8,13,16H2,(H2-,26,27,28,31,32)/p+1/t23-,30?/m0/s1. The number of hydrogen-bond acceptors (Lipinski definition) is 3. The predicted molar refractivity (Wildman–Crippen MR) is 123 cm³/mol. The van der Waals surface area contributed by atoms with Crippen molar-refractivity contribution in [3.63, 3.8) is 0 Å². The predicted octanol–water partition coefficient (Wildman–Crippen LogP) is 3.66. The van der Waals surface area contributed by atoms with Gasteiger partial charge in [-0.3, -0.25) is 9.89 Å². The maximum Gasteiger partial charge on any atom is 0.369 e. The monoisotopic (exact) mass is 426 g/mol. The number of para-hydroxylation sites is 2. The Balaban J connectivity index is 1.66. The number of rotatable bonds is 5. The summed E-state index contributed by atoms with van der Waals surface area (Å²) in [6.07, 6.45) is 5.14. The Bertz CT molecular complexity index is 1260. The number of nitrogens with zero attached hydrogens (tertiary/aromatic N) is 3. The first-order valence-electron chi connectivity index (χ1n) is 10.7. The van der Waals surface area contributed by atoms with Crippen molar-refractivity contribution < 1.29 is 9.59 Å². The summed E-state index contributed by atoms with van der Waals surface area (Å²) >= 11 is 0. The van der Waals surface area contributed by atoms with E-state index in [0.29, 0.717) is 24.4 Å². The van der Waals surface area contributed by atoms with Crippen molar-refractivity contribution in [1.29, 1.82) is 0 Å². The first-order chi connectivity index (χ1) is 15.6. The summed E-state index contributed by atoms with van der Waals surface area (Å²) in [7, 11) is 0. The van der Waals surface area contributed by atoms with Crippen LogP contribution in [0.1, 0.15) is 23.3 Å². The first-order valence-corrected chi connectivity index (χ1v) is 10.7. The molecule has 1 saturated heterocycles. The third-order valence-electron chi connectivity index (χ3n) is 6.28. The smallest absolute Gasteiger partial charge is 0.364 e. The molecular weight excluding hydrogens is 402 g/mol. The fraction of sp³-hybridized carbons (Fsp3) is 0.160. The van der Waals surface area contributed by atoms with Crippen LogP contribution >= 0.6 is 0 Å². The number of carbonyl (C=O) groups excluding carboxylic acids is 2.